The molecule has 0 atom stereocenters. The van der Waals surface area contributed by atoms with Crippen molar-refractivity contribution in [2.24, 2.45) is 0 Å². The van der Waals surface area contributed by atoms with Crippen molar-refractivity contribution < 1.29 is 13.5 Å². The second kappa shape index (κ2) is 7.05. The second-order valence-electron chi connectivity index (χ2n) is 5.54. The van der Waals surface area contributed by atoms with Crippen LogP contribution in [0.25, 0.3) is 0 Å². The molecule has 0 unspecified atom stereocenters. The predicted octanol–water partition coefficient (Wildman–Crippen LogP) is 4.07. The summed E-state index contributed by atoms with van der Waals surface area (Å²) >= 11 is 6.31. The fourth-order valence-electron chi connectivity index (χ4n) is 2.41. The average molecular weight is 352 g/mol. The van der Waals surface area contributed by atoms with Crippen LogP contribution in [0.15, 0.2) is 53.2 Å². The van der Waals surface area contributed by atoms with Gasteiger partial charge in [0, 0.05) is 41.7 Å². The number of aromatic amines is 1. The Balaban J connectivity index is 1.66. The molecule has 2 aromatic rings. The lowest BCUT2D eigenvalue weighted by Crippen LogP contribution is -2.26. The molecule has 24 heavy (non-hydrogen) atoms. The fourth-order valence-corrected chi connectivity index (χ4v) is 2.66. The van der Waals surface area contributed by atoms with E-state index in [1.54, 1.807) is 6.20 Å². The van der Waals surface area contributed by atoms with Gasteiger partial charge in [0.1, 0.15) is 24.0 Å². The Kier molecular flexibility index (Phi) is 4.85. The maximum atomic E-state index is 13.7. The number of allylic oxidation sites excluding steroid dienone is 2. The van der Waals surface area contributed by atoms with Gasteiger partial charge in [-0.05, 0) is 19.1 Å². The highest BCUT2D eigenvalue weighted by Crippen LogP contribution is 2.26. The van der Waals surface area contributed by atoms with Crippen LogP contribution < -0.4 is 0 Å². The van der Waals surface area contributed by atoms with Crippen LogP contribution in [0.5, 0.6) is 0 Å². The number of hydrogen-bond donors (Lipinski definition) is 1. The first kappa shape index (κ1) is 16.5. The monoisotopic (exact) mass is 351 g/mol. The zero-order chi connectivity index (χ0) is 17.1. The highest BCUT2D eigenvalue weighted by Gasteiger charge is 2.18. The van der Waals surface area contributed by atoms with Crippen molar-refractivity contribution in [3.8, 4) is 0 Å². The zero-order valence-corrected chi connectivity index (χ0v) is 13.8. The standard InChI is InChI=1S/C17H16ClF2N3O/c1-11-4-17(24-10-13-2-3-14(19)5-16(13)20)15(18)9-23(11)8-12-6-21-22-7-12/h2-7H,8-10H2,1H3,(H,21,22). The van der Waals surface area contributed by atoms with Crippen molar-refractivity contribution in [3.05, 3.63) is 75.9 Å². The Morgan fingerprint density at radius 1 is 1.38 bits per heavy atom. The first-order chi connectivity index (χ1) is 11.5. The van der Waals surface area contributed by atoms with Crippen molar-refractivity contribution in [1.82, 2.24) is 15.1 Å². The summed E-state index contributed by atoms with van der Waals surface area (Å²) in [6.45, 7) is 3.11. The van der Waals surface area contributed by atoms with Crippen LogP contribution >= 0.6 is 11.6 Å². The van der Waals surface area contributed by atoms with Gasteiger partial charge in [-0.2, -0.15) is 5.10 Å². The third-order valence-corrected chi connectivity index (χ3v) is 4.07. The molecule has 4 nitrogen and oxygen atoms in total. The van der Waals surface area contributed by atoms with Crippen molar-refractivity contribution in [2.75, 3.05) is 6.54 Å². The van der Waals surface area contributed by atoms with E-state index in [4.69, 9.17) is 16.3 Å². The van der Waals surface area contributed by atoms with Gasteiger partial charge in [0.2, 0.25) is 0 Å². The molecule has 1 aliphatic rings. The highest BCUT2D eigenvalue weighted by molar-refractivity contribution is 6.30. The Morgan fingerprint density at radius 2 is 2.21 bits per heavy atom. The summed E-state index contributed by atoms with van der Waals surface area (Å²) in [5.74, 6) is -0.747. The second-order valence-corrected chi connectivity index (χ2v) is 6.00. The van der Waals surface area contributed by atoms with Gasteiger partial charge in [-0.3, -0.25) is 5.10 Å². The van der Waals surface area contributed by atoms with Crippen LogP contribution in [-0.2, 0) is 17.9 Å². The lowest BCUT2D eigenvalue weighted by molar-refractivity contribution is 0.197. The molecule has 1 aromatic heterocycles. The Labute approximate surface area is 143 Å². The quantitative estimate of drug-likeness (QED) is 0.882. The molecule has 1 N–H and O–H groups in total. The summed E-state index contributed by atoms with van der Waals surface area (Å²) in [5, 5.41) is 7.23. The van der Waals surface area contributed by atoms with Crippen LogP contribution in [0.4, 0.5) is 8.78 Å². The summed E-state index contributed by atoms with van der Waals surface area (Å²) in [7, 11) is 0. The number of benzene rings is 1. The number of ether oxygens (including phenoxy) is 1. The smallest absolute Gasteiger partial charge is 0.137 e. The Bertz CT molecular complexity index is 787. The maximum Gasteiger partial charge on any atom is 0.137 e. The van der Waals surface area contributed by atoms with Crippen LogP contribution in [0.2, 0.25) is 0 Å². The van der Waals surface area contributed by atoms with Gasteiger partial charge in [0.25, 0.3) is 0 Å². The summed E-state index contributed by atoms with van der Waals surface area (Å²) in [6, 6.07) is 3.40. The van der Waals surface area contributed by atoms with Gasteiger partial charge in [-0.15, -0.1) is 0 Å². The lowest BCUT2D eigenvalue weighted by Gasteiger charge is -2.29. The van der Waals surface area contributed by atoms with E-state index >= 15 is 0 Å². The molecular weight excluding hydrogens is 336 g/mol. The minimum atomic E-state index is -0.634. The SMILES string of the molecule is CC1=CC(OCc2ccc(F)cc2F)=C(Cl)CN1Cc1cn[nH]c1. The number of halogens is 3. The number of rotatable bonds is 5. The number of hydrogen-bond acceptors (Lipinski definition) is 3. The molecule has 0 aliphatic carbocycles. The number of nitrogens with zero attached hydrogens (tertiary/aromatic N) is 2. The number of aromatic nitrogens is 2. The first-order valence-corrected chi connectivity index (χ1v) is 7.77. The third-order valence-electron chi connectivity index (χ3n) is 3.76. The molecule has 0 spiro atoms. The van der Waals surface area contributed by atoms with Gasteiger partial charge in [0.05, 0.1) is 17.8 Å². The molecular formula is C17H16ClF2N3O. The maximum absolute atomic E-state index is 13.7. The summed E-state index contributed by atoms with van der Waals surface area (Å²) in [5.41, 5.74) is 2.31. The van der Waals surface area contributed by atoms with Gasteiger partial charge >= 0.3 is 0 Å². The number of nitrogens with one attached hydrogen (secondary N) is 1. The molecule has 0 bridgehead atoms. The molecule has 0 radical (unpaired) electrons. The van der Waals surface area contributed by atoms with E-state index in [1.165, 1.54) is 12.1 Å². The minimum Gasteiger partial charge on any atom is -0.487 e. The van der Waals surface area contributed by atoms with E-state index in [9.17, 15) is 8.78 Å². The van der Waals surface area contributed by atoms with Gasteiger partial charge in [0.15, 0.2) is 0 Å². The summed E-state index contributed by atoms with van der Waals surface area (Å²) in [6.07, 6.45) is 5.40. The summed E-state index contributed by atoms with van der Waals surface area (Å²) in [4.78, 5) is 2.08. The molecule has 0 saturated heterocycles. The van der Waals surface area contributed by atoms with E-state index < -0.39 is 11.6 Å². The van der Waals surface area contributed by atoms with Crippen LogP contribution in [-0.4, -0.2) is 21.6 Å². The van der Waals surface area contributed by atoms with Crippen LogP contribution in [0.3, 0.4) is 0 Å². The van der Waals surface area contributed by atoms with Gasteiger partial charge in [-0.1, -0.05) is 11.6 Å². The molecule has 3 rings (SSSR count). The number of H-pyrrole nitrogens is 1. The van der Waals surface area contributed by atoms with Crippen molar-refractivity contribution in [2.45, 2.75) is 20.1 Å². The molecule has 0 saturated carbocycles. The van der Waals surface area contributed by atoms with Crippen molar-refractivity contribution >= 4 is 11.6 Å². The van der Waals surface area contributed by atoms with Crippen molar-refractivity contribution in [3.63, 3.8) is 0 Å². The van der Waals surface area contributed by atoms with E-state index in [0.29, 0.717) is 23.9 Å². The lowest BCUT2D eigenvalue weighted by atomic mass is 10.2. The van der Waals surface area contributed by atoms with E-state index in [1.807, 2.05) is 19.2 Å². The van der Waals surface area contributed by atoms with Crippen molar-refractivity contribution in [1.29, 1.82) is 0 Å². The Morgan fingerprint density at radius 3 is 2.92 bits per heavy atom. The molecule has 0 amide bonds. The van der Waals surface area contributed by atoms with E-state index in [0.717, 1.165) is 17.3 Å². The van der Waals surface area contributed by atoms with Crippen LogP contribution in [0, 0.1) is 11.6 Å². The molecule has 7 heteroatoms. The molecule has 1 aliphatic heterocycles. The first-order valence-electron chi connectivity index (χ1n) is 7.39. The van der Waals surface area contributed by atoms with E-state index in [2.05, 4.69) is 15.1 Å². The van der Waals surface area contributed by atoms with E-state index in [-0.39, 0.29) is 12.2 Å². The molecule has 2 heterocycles. The fraction of sp³-hybridized carbons (Fsp3) is 0.235. The third kappa shape index (κ3) is 3.76. The largest absolute Gasteiger partial charge is 0.487 e. The predicted molar refractivity (Wildman–Crippen MR) is 86.8 cm³/mol. The van der Waals surface area contributed by atoms with Gasteiger partial charge < -0.3 is 9.64 Å². The topological polar surface area (TPSA) is 41.1 Å². The van der Waals surface area contributed by atoms with Crippen LogP contribution in [0.1, 0.15) is 18.1 Å². The average Bonchev–Trinajstić information content (AvgIpc) is 3.03. The zero-order valence-electron chi connectivity index (χ0n) is 13.0. The minimum absolute atomic E-state index is 0.0107. The van der Waals surface area contributed by atoms with Gasteiger partial charge in [-0.25, -0.2) is 8.78 Å². The summed E-state index contributed by atoms with van der Waals surface area (Å²) < 4.78 is 32.2. The molecule has 1 aromatic carbocycles. The molecule has 0 fully saturated rings. The molecule has 126 valence electrons. The normalized spacial score (nSPS) is 14.8. The Hall–Kier alpha value is -2.34. The highest BCUT2D eigenvalue weighted by atomic mass is 35.5.